The van der Waals surface area contributed by atoms with Crippen molar-refractivity contribution in [2.75, 3.05) is 42.2 Å². The fourth-order valence-electron chi connectivity index (χ4n) is 2.94. The van der Waals surface area contributed by atoms with Crippen molar-refractivity contribution in [1.29, 1.82) is 0 Å². The van der Waals surface area contributed by atoms with Crippen LogP contribution in [0.25, 0.3) is 10.9 Å². The van der Waals surface area contributed by atoms with Crippen LogP contribution in [0.5, 0.6) is 0 Å². The highest BCUT2D eigenvalue weighted by molar-refractivity contribution is 6.31. The molecule has 0 aliphatic carbocycles. The molecule has 0 unspecified atom stereocenters. The van der Waals surface area contributed by atoms with Crippen LogP contribution in [0.3, 0.4) is 0 Å². The Morgan fingerprint density at radius 2 is 1.59 bits per heavy atom. The van der Waals surface area contributed by atoms with Crippen molar-refractivity contribution in [3.05, 3.63) is 47.7 Å². The van der Waals surface area contributed by atoms with Gasteiger partial charge in [0, 0.05) is 54.7 Å². The summed E-state index contributed by atoms with van der Waals surface area (Å²) in [6, 6.07) is 9.62. The minimum Gasteiger partial charge on any atom is -0.396 e. The number of nitrogens with one attached hydrogen (secondary N) is 3. The number of anilines is 3. The summed E-state index contributed by atoms with van der Waals surface area (Å²) in [5.41, 5.74) is 1.97. The van der Waals surface area contributed by atoms with Crippen LogP contribution in [0.1, 0.15) is 25.7 Å². The first-order valence-electron chi connectivity index (χ1n) is 9.96. The Morgan fingerprint density at radius 3 is 2.45 bits per heavy atom. The molecule has 154 valence electrons. The molecule has 0 aliphatic rings. The average molecular weight is 415 g/mol. The lowest BCUT2D eigenvalue weighted by molar-refractivity contribution is 0.286. The van der Waals surface area contributed by atoms with E-state index in [2.05, 4.69) is 30.9 Å². The number of benzene rings is 1. The Bertz CT molecular complexity index is 907. The van der Waals surface area contributed by atoms with E-state index >= 15 is 0 Å². The van der Waals surface area contributed by atoms with E-state index in [1.165, 1.54) is 0 Å². The maximum atomic E-state index is 8.81. The van der Waals surface area contributed by atoms with E-state index in [1.54, 1.807) is 12.4 Å². The van der Waals surface area contributed by atoms with Gasteiger partial charge in [0.2, 0.25) is 5.95 Å². The summed E-state index contributed by atoms with van der Waals surface area (Å²) in [5, 5.41) is 20.6. The first-order valence-corrected chi connectivity index (χ1v) is 10.3. The number of aromatic nitrogens is 3. The van der Waals surface area contributed by atoms with Gasteiger partial charge in [-0.1, -0.05) is 11.6 Å². The molecule has 0 amide bonds. The molecule has 0 saturated heterocycles. The number of aliphatic hydroxyl groups is 1. The Balaban J connectivity index is 1.37. The number of hydrogen-bond donors (Lipinski definition) is 4. The maximum absolute atomic E-state index is 8.81. The van der Waals surface area contributed by atoms with Crippen LogP contribution in [0.15, 0.2) is 42.7 Å². The van der Waals surface area contributed by atoms with Crippen molar-refractivity contribution in [3.8, 4) is 0 Å². The molecule has 3 aromatic rings. The smallest absolute Gasteiger partial charge is 0.224 e. The van der Waals surface area contributed by atoms with Gasteiger partial charge in [-0.3, -0.25) is 4.98 Å². The second-order valence-electron chi connectivity index (χ2n) is 6.70. The van der Waals surface area contributed by atoms with E-state index in [0.29, 0.717) is 11.0 Å². The van der Waals surface area contributed by atoms with Gasteiger partial charge in [-0.15, -0.1) is 0 Å². The average Bonchev–Trinajstić information content (AvgIpc) is 2.74. The third kappa shape index (κ3) is 6.73. The van der Waals surface area contributed by atoms with Gasteiger partial charge in [-0.25, -0.2) is 4.98 Å². The highest BCUT2D eigenvalue weighted by Crippen LogP contribution is 2.24. The summed E-state index contributed by atoms with van der Waals surface area (Å²) in [5.74, 6) is 1.42. The van der Waals surface area contributed by atoms with Crippen LogP contribution < -0.4 is 16.0 Å². The van der Waals surface area contributed by atoms with E-state index in [1.807, 2.05) is 30.3 Å². The van der Waals surface area contributed by atoms with Gasteiger partial charge in [0.1, 0.15) is 5.82 Å². The van der Waals surface area contributed by atoms with E-state index in [-0.39, 0.29) is 6.61 Å². The summed E-state index contributed by atoms with van der Waals surface area (Å²) < 4.78 is 0. The highest BCUT2D eigenvalue weighted by atomic mass is 35.5. The van der Waals surface area contributed by atoms with Gasteiger partial charge in [-0.2, -0.15) is 4.98 Å². The largest absolute Gasteiger partial charge is 0.396 e. The summed E-state index contributed by atoms with van der Waals surface area (Å²) in [7, 11) is 0. The second kappa shape index (κ2) is 11.4. The molecule has 0 saturated carbocycles. The fourth-order valence-corrected chi connectivity index (χ4v) is 3.11. The molecule has 0 fully saturated rings. The summed E-state index contributed by atoms with van der Waals surface area (Å²) in [6.07, 6.45) is 7.26. The molecule has 0 aliphatic heterocycles. The van der Waals surface area contributed by atoms with Crippen molar-refractivity contribution < 1.29 is 5.11 Å². The topological polar surface area (TPSA) is 95.0 Å². The number of nitrogens with zero attached hydrogens (tertiary/aromatic N) is 3. The van der Waals surface area contributed by atoms with Gasteiger partial charge >= 0.3 is 0 Å². The quantitative estimate of drug-likeness (QED) is 0.330. The zero-order valence-corrected chi connectivity index (χ0v) is 17.1. The molecular formula is C21H27ClN6O. The molecule has 8 heteroatoms. The number of aliphatic hydroxyl groups excluding tert-OH is 1. The van der Waals surface area contributed by atoms with Crippen LogP contribution in [0.2, 0.25) is 5.02 Å². The molecular weight excluding hydrogens is 388 g/mol. The van der Waals surface area contributed by atoms with Crippen molar-refractivity contribution in [3.63, 3.8) is 0 Å². The molecule has 0 radical (unpaired) electrons. The summed E-state index contributed by atoms with van der Waals surface area (Å²) in [6.45, 7) is 2.69. The Kier molecular flexibility index (Phi) is 8.27. The number of unbranched alkanes of at least 4 members (excludes halogenated alkanes) is 2. The third-order valence-electron chi connectivity index (χ3n) is 4.45. The van der Waals surface area contributed by atoms with Gasteiger partial charge in [0.15, 0.2) is 0 Å². The lowest BCUT2D eigenvalue weighted by atomic mass is 10.2. The van der Waals surface area contributed by atoms with E-state index in [0.717, 1.165) is 67.7 Å². The van der Waals surface area contributed by atoms with Crippen LogP contribution >= 0.6 is 11.6 Å². The summed E-state index contributed by atoms with van der Waals surface area (Å²) >= 11 is 6.04. The number of fused-ring (bicyclic) bond motifs is 1. The molecule has 1 aromatic carbocycles. The van der Waals surface area contributed by atoms with Crippen LogP contribution in [-0.4, -0.2) is 46.3 Å². The van der Waals surface area contributed by atoms with Crippen molar-refractivity contribution in [2.24, 2.45) is 0 Å². The first-order chi connectivity index (χ1) is 14.3. The number of rotatable bonds is 12. The van der Waals surface area contributed by atoms with Gasteiger partial charge in [0.25, 0.3) is 0 Å². The van der Waals surface area contributed by atoms with Crippen molar-refractivity contribution >= 4 is 40.0 Å². The van der Waals surface area contributed by atoms with E-state index in [9.17, 15) is 0 Å². The van der Waals surface area contributed by atoms with Crippen LogP contribution in [0.4, 0.5) is 17.5 Å². The fraction of sp³-hybridized carbons (Fsp3) is 0.381. The number of hydrogen-bond acceptors (Lipinski definition) is 7. The van der Waals surface area contributed by atoms with E-state index < -0.39 is 0 Å². The zero-order valence-electron chi connectivity index (χ0n) is 16.4. The predicted octanol–water partition coefficient (Wildman–Crippen LogP) is 4.17. The molecule has 4 N–H and O–H groups in total. The normalized spacial score (nSPS) is 10.8. The Labute approximate surface area is 175 Å². The van der Waals surface area contributed by atoms with Crippen LogP contribution in [0, 0.1) is 0 Å². The highest BCUT2D eigenvalue weighted by Gasteiger charge is 2.02. The zero-order chi connectivity index (χ0) is 20.3. The second-order valence-corrected chi connectivity index (χ2v) is 7.14. The molecule has 0 atom stereocenters. The number of halogens is 1. The predicted molar refractivity (Wildman–Crippen MR) is 120 cm³/mol. The lowest BCUT2D eigenvalue weighted by Gasteiger charge is -2.10. The van der Waals surface area contributed by atoms with E-state index in [4.69, 9.17) is 16.7 Å². The third-order valence-corrected chi connectivity index (χ3v) is 4.69. The molecule has 0 spiro atoms. The molecule has 29 heavy (non-hydrogen) atoms. The SMILES string of the molecule is OCCCCNc1nccc(NCCCCNc2ccnc3cc(Cl)ccc23)n1. The Morgan fingerprint density at radius 1 is 0.828 bits per heavy atom. The van der Waals surface area contributed by atoms with Gasteiger partial charge in [-0.05, 0) is 56.0 Å². The molecule has 0 bridgehead atoms. The van der Waals surface area contributed by atoms with Gasteiger partial charge < -0.3 is 21.1 Å². The lowest BCUT2D eigenvalue weighted by Crippen LogP contribution is -2.10. The first kappa shape index (κ1) is 21.1. The molecule has 3 rings (SSSR count). The van der Waals surface area contributed by atoms with Crippen molar-refractivity contribution in [1.82, 2.24) is 15.0 Å². The minimum absolute atomic E-state index is 0.213. The standard InChI is InChI=1S/C21H27ClN6O/c22-16-5-6-17-18(7-12-24-19(17)15-16)23-9-1-2-10-25-20-8-13-27-21(28-20)26-11-3-4-14-29/h5-8,12-13,15,29H,1-4,9-11,14H2,(H,23,24)(H2,25,26,27,28). The molecule has 2 aromatic heterocycles. The summed E-state index contributed by atoms with van der Waals surface area (Å²) in [4.78, 5) is 13.0. The molecule has 7 nitrogen and oxygen atoms in total. The van der Waals surface area contributed by atoms with Crippen LogP contribution in [-0.2, 0) is 0 Å². The number of pyridine rings is 1. The monoisotopic (exact) mass is 414 g/mol. The van der Waals surface area contributed by atoms with Gasteiger partial charge in [0.05, 0.1) is 5.52 Å². The Hall–Kier alpha value is -2.64. The minimum atomic E-state index is 0.213. The molecule has 2 heterocycles. The van der Waals surface area contributed by atoms with Crippen molar-refractivity contribution in [2.45, 2.75) is 25.7 Å². The maximum Gasteiger partial charge on any atom is 0.224 e.